The maximum Gasteiger partial charge on any atom is 0.274 e. The summed E-state index contributed by atoms with van der Waals surface area (Å²) in [4.78, 5) is 29.1. The van der Waals surface area contributed by atoms with E-state index in [4.69, 9.17) is 4.74 Å². The predicted octanol–water partition coefficient (Wildman–Crippen LogP) is 3.41. The topological polar surface area (TPSA) is 80.3 Å². The molecule has 2 N–H and O–H groups in total. The van der Waals surface area contributed by atoms with Crippen LogP contribution in [-0.4, -0.2) is 29.9 Å². The number of nitrogens with one attached hydrogen (secondary N) is 2. The summed E-state index contributed by atoms with van der Waals surface area (Å²) < 4.78 is 5.23. The minimum atomic E-state index is -0.387. The molecule has 0 atom stereocenters. The maximum absolute atomic E-state index is 12.5. The zero-order valence-electron chi connectivity index (χ0n) is 14.8. The number of hydrogen-bond donors (Lipinski definition) is 2. The lowest BCUT2D eigenvalue weighted by Crippen LogP contribution is -2.36. The maximum atomic E-state index is 12.5. The molecule has 1 heterocycles. The van der Waals surface area contributed by atoms with E-state index in [1.165, 1.54) is 6.42 Å². The Labute approximate surface area is 153 Å². The van der Waals surface area contributed by atoms with E-state index in [-0.39, 0.29) is 29.2 Å². The number of para-hydroxylation sites is 2. The number of aromatic nitrogens is 1. The molecule has 2 aromatic rings. The number of ether oxygens (including phenoxy) is 1. The Morgan fingerprint density at radius 3 is 2.38 bits per heavy atom. The second-order valence-electron chi connectivity index (χ2n) is 6.37. The molecule has 136 valence electrons. The van der Waals surface area contributed by atoms with E-state index in [0.717, 1.165) is 25.7 Å². The molecule has 0 unspecified atom stereocenters. The molecule has 0 bridgehead atoms. The second kappa shape index (κ2) is 8.47. The number of carbonyl (C=O) groups excluding carboxylic acids is 2. The van der Waals surface area contributed by atoms with Gasteiger partial charge in [-0.3, -0.25) is 9.59 Å². The van der Waals surface area contributed by atoms with Crippen molar-refractivity contribution in [2.75, 3.05) is 12.4 Å². The number of carbonyl (C=O) groups is 2. The van der Waals surface area contributed by atoms with Crippen LogP contribution in [0.5, 0.6) is 5.75 Å². The number of hydrogen-bond acceptors (Lipinski definition) is 4. The number of anilines is 1. The lowest BCUT2D eigenvalue weighted by Gasteiger charge is -2.22. The van der Waals surface area contributed by atoms with E-state index >= 15 is 0 Å². The number of amides is 2. The van der Waals surface area contributed by atoms with E-state index < -0.39 is 0 Å². The van der Waals surface area contributed by atoms with Gasteiger partial charge in [0.1, 0.15) is 17.1 Å². The molecular formula is C20H23N3O3. The van der Waals surface area contributed by atoms with Crippen molar-refractivity contribution in [3.8, 4) is 5.75 Å². The fourth-order valence-corrected chi connectivity index (χ4v) is 3.13. The molecule has 2 amide bonds. The number of nitrogens with zero attached hydrogens (tertiary/aromatic N) is 1. The normalized spacial score (nSPS) is 14.5. The zero-order valence-corrected chi connectivity index (χ0v) is 14.8. The fourth-order valence-electron chi connectivity index (χ4n) is 3.13. The van der Waals surface area contributed by atoms with Gasteiger partial charge in [0.15, 0.2) is 0 Å². The molecule has 0 spiro atoms. The summed E-state index contributed by atoms with van der Waals surface area (Å²) in [6.45, 7) is 0. The summed E-state index contributed by atoms with van der Waals surface area (Å²) in [6.07, 6.45) is 5.50. The third kappa shape index (κ3) is 4.39. The van der Waals surface area contributed by atoms with Crippen LogP contribution in [0.3, 0.4) is 0 Å². The fraction of sp³-hybridized carbons (Fsp3) is 0.350. The Balaban J connectivity index is 1.69. The second-order valence-corrected chi connectivity index (χ2v) is 6.37. The standard InChI is InChI=1S/C20H23N3O3/c1-26-18-13-6-5-10-15(18)23-20(25)17-12-7-11-16(22-17)19(24)21-14-8-3-2-4-9-14/h5-7,10-14H,2-4,8-9H2,1H3,(H,21,24)(H,23,25). The summed E-state index contributed by atoms with van der Waals surface area (Å²) in [5.41, 5.74) is 0.995. The molecule has 1 aromatic heterocycles. The van der Waals surface area contributed by atoms with E-state index in [1.54, 1.807) is 43.5 Å². The van der Waals surface area contributed by atoms with Crippen molar-refractivity contribution < 1.29 is 14.3 Å². The summed E-state index contributed by atoms with van der Waals surface area (Å²) in [5.74, 6) is -0.0577. The van der Waals surface area contributed by atoms with Crippen LogP contribution in [0, 0.1) is 0 Å². The molecule has 0 aliphatic heterocycles. The molecule has 3 rings (SSSR count). The molecular weight excluding hydrogens is 330 g/mol. The van der Waals surface area contributed by atoms with Gasteiger partial charge in [-0.2, -0.15) is 0 Å². The van der Waals surface area contributed by atoms with Crippen molar-refractivity contribution in [2.24, 2.45) is 0 Å². The number of pyridine rings is 1. The van der Waals surface area contributed by atoms with Gasteiger partial charge in [0, 0.05) is 6.04 Å². The first-order valence-electron chi connectivity index (χ1n) is 8.89. The van der Waals surface area contributed by atoms with Crippen LogP contribution in [0.25, 0.3) is 0 Å². The highest BCUT2D eigenvalue weighted by Gasteiger charge is 2.18. The van der Waals surface area contributed by atoms with E-state index in [2.05, 4.69) is 15.6 Å². The summed E-state index contributed by atoms with van der Waals surface area (Å²) in [7, 11) is 1.54. The minimum Gasteiger partial charge on any atom is -0.495 e. The van der Waals surface area contributed by atoms with Crippen LogP contribution in [0.15, 0.2) is 42.5 Å². The molecule has 1 fully saturated rings. The zero-order chi connectivity index (χ0) is 18.4. The molecule has 1 aliphatic carbocycles. The van der Waals surface area contributed by atoms with Crippen LogP contribution in [0.1, 0.15) is 53.1 Å². The van der Waals surface area contributed by atoms with Crippen LogP contribution < -0.4 is 15.4 Å². The SMILES string of the molecule is COc1ccccc1NC(=O)c1cccc(C(=O)NC2CCCCC2)n1. The number of rotatable bonds is 5. The van der Waals surface area contributed by atoms with E-state index in [9.17, 15) is 9.59 Å². The lowest BCUT2D eigenvalue weighted by molar-refractivity contribution is 0.0922. The molecule has 1 saturated carbocycles. The van der Waals surface area contributed by atoms with Crippen molar-refractivity contribution in [3.63, 3.8) is 0 Å². The first kappa shape index (κ1) is 17.9. The molecule has 0 radical (unpaired) electrons. The van der Waals surface area contributed by atoms with Crippen molar-refractivity contribution >= 4 is 17.5 Å². The first-order chi connectivity index (χ1) is 12.7. The number of methoxy groups -OCH3 is 1. The van der Waals surface area contributed by atoms with Crippen molar-refractivity contribution in [1.29, 1.82) is 0 Å². The third-order valence-electron chi connectivity index (χ3n) is 4.51. The van der Waals surface area contributed by atoms with E-state index in [0.29, 0.717) is 11.4 Å². The van der Waals surface area contributed by atoms with Crippen LogP contribution in [-0.2, 0) is 0 Å². The highest BCUT2D eigenvalue weighted by Crippen LogP contribution is 2.23. The van der Waals surface area contributed by atoms with Gasteiger partial charge in [0.25, 0.3) is 11.8 Å². The molecule has 1 aliphatic rings. The molecule has 1 aromatic carbocycles. The van der Waals surface area contributed by atoms with Gasteiger partial charge in [-0.25, -0.2) is 4.98 Å². The highest BCUT2D eigenvalue weighted by molar-refractivity contribution is 6.04. The highest BCUT2D eigenvalue weighted by atomic mass is 16.5. The Morgan fingerprint density at radius 1 is 0.962 bits per heavy atom. The molecule has 26 heavy (non-hydrogen) atoms. The van der Waals surface area contributed by atoms with Crippen molar-refractivity contribution in [2.45, 2.75) is 38.1 Å². The largest absolute Gasteiger partial charge is 0.495 e. The lowest BCUT2D eigenvalue weighted by atomic mass is 9.95. The molecule has 0 saturated heterocycles. The van der Waals surface area contributed by atoms with Gasteiger partial charge >= 0.3 is 0 Å². The average Bonchev–Trinajstić information content (AvgIpc) is 2.69. The smallest absolute Gasteiger partial charge is 0.274 e. The van der Waals surface area contributed by atoms with Gasteiger partial charge in [-0.1, -0.05) is 37.5 Å². The van der Waals surface area contributed by atoms with Gasteiger partial charge in [0.05, 0.1) is 12.8 Å². The number of benzene rings is 1. The Bertz CT molecular complexity index is 785. The third-order valence-corrected chi connectivity index (χ3v) is 4.51. The summed E-state index contributed by atoms with van der Waals surface area (Å²) >= 11 is 0. The van der Waals surface area contributed by atoms with Gasteiger partial charge in [-0.15, -0.1) is 0 Å². The molecule has 6 nitrogen and oxygen atoms in total. The Kier molecular flexibility index (Phi) is 5.84. The van der Waals surface area contributed by atoms with Crippen molar-refractivity contribution in [1.82, 2.24) is 10.3 Å². The van der Waals surface area contributed by atoms with Crippen LogP contribution in [0.4, 0.5) is 5.69 Å². The van der Waals surface area contributed by atoms with Gasteiger partial charge in [-0.05, 0) is 37.1 Å². The summed E-state index contributed by atoms with van der Waals surface area (Å²) in [6, 6.07) is 12.2. The minimum absolute atomic E-state index is 0.187. The van der Waals surface area contributed by atoms with Gasteiger partial charge in [0.2, 0.25) is 0 Å². The predicted molar refractivity (Wildman–Crippen MR) is 99.5 cm³/mol. The van der Waals surface area contributed by atoms with Crippen molar-refractivity contribution in [3.05, 3.63) is 53.9 Å². The monoisotopic (exact) mass is 353 g/mol. The molecule has 6 heteroatoms. The average molecular weight is 353 g/mol. The Hall–Kier alpha value is -2.89. The summed E-state index contributed by atoms with van der Waals surface area (Å²) in [5, 5.41) is 5.78. The van der Waals surface area contributed by atoms with Crippen LogP contribution >= 0.6 is 0 Å². The first-order valence-corrected chi connectivity index (χ1v) is 8.89. The van der Waals surface area contributed by atoms with Gasteiger partial charge < -0.3 is 15.4 Å². The quantitative estimate of drug-likeness (QED) is 0.863. The van der Waals surface area contributed by atoms with Crippen LogP contribution in [0.2, 0.25) is 0 Å². The van der Waals surface area contributed by atoms with E-state index in [1.807, 2.05) is 6.07 Å². The Morgan fingerprint density at radius 2 is 1.65 bits per heavy atom.